The molecule has 1 aromatic carbocycles. The molecule has 1 amide bonds. The highest BCUT2D eigenvalue weighted by molar-refractivity contribution is 5.80. The number of ether oxygens (including phenoxy) is 1. The molecule has 7 nitrogen and oxygen atoms in total. The van der Waals surface area contributed by atoms with E-state index in [1.54, 1.807) is 0 Å². The number of nitrogens with zero attached hydrogens (tertiary/aromatic N) is 3. The first-order chi connectivity index (χ1) is 14.2. The summed E-state index contributed by atoms with van der Waals surface area (Å²) in [5.74, 6) is 1.98. The van der Waals surface area contributed by atoms with E-state index < -0.39 is 0 Å². The number of hydrogen-bond donors (Lipinski definition) is 2. The number of guanidine groups is 1. The molecule has 1 aliphatic carbocycles. The van der Waals surface area contributed by atoms with Crippen LogP contribution in [0.15, 0.2) is 35.3 Å². The maximum atomic E-state index is 12.0. The smallest absolute Gasteiger partial charge is 0.234 e. The van der Waals surface area contributed by atoms with Gasteiger partial charge in [0.05, 0.1) is 13.1 Å². The van der Waals surface area contributed by atoms with Gasteiger partial charge in [-0.3, -0.25) is 9.69 Å². The zero-order valence-electron chi connectivity index (χ0n) is 17.8. The van der Waals surface area contributed by atoms with Crippen LogP contribution in [0.2, 0.25) is 0 Å². The molecule has 1 aliphatic heterocycles. The summed E-state index contributed by atoms with van der Waals surface area (Å²) in [5, 5.41) is 6.48. The Morgan fingerprint density at radius 3 is 2.52 bits per heavy atom. The normalized spacial score (nSPS) is 19.0. The number of hydrogen-bond acceptors (Lipinski definition) is 4. The van der Waals surface area contributed by atoms with Gasteiger partial charge in [-0.25, -0.2) is 4.99 Å². The minimum Gasteiger partial charge on any atom is -0.489 e. The fraction of sp³-hybridized carbons (Fsp3) is 0.636. The van der Waals surface area contributed by atoms with Gasteiger partial charge in [-0.2, -0.15) is 0 Å². The highest BCUT2D eigenvalue weighted by Gasteiger charge is 2.26. The van der Waals surface area contributed by atoms with E-state index in [4.69, 9.17) is 9.73 Å². The molecule has 2 N–H and O–H groups in total. The van der Waals surface area contributed by atoms with Gasteiger partial charge in [0.2, 0.25) is 5.91 Å². The second-order valence-electron chi connectivity index (χ2n) is 7.76. The maximum absolute atomic E-state index is 12.0. The molecule has 1 saturated carbocycles. The number of nitrogens with one attached hydrogen (secondary N) is 2. The van der Waals surface area contributed by atoms with Gasteiger partial charge >= 0.3 is 0 Å². The van der Waals surface area contributed by atoms with Crippen molar-refractivity contribution >= 4 is 11.9 Å². The highest BCUT2D eigenvalue weighted by atomic mass is 16.5. The van der Waals surface area contributed by atoms with Gasteiger partial charge in [-0.05, 0) is 38.3 Å². The molecular weight excluding hydrogens is 366 g/mol. The summed E-state index contributed by atoms with van der Waals surface area (Å²) in [6, 6.07) is 10.4. The van der Waals surface area contributed by atoms with Crippen LogP contribution < -0.4 is 15.4 Å². The van der Waals surface area contributed by atoms with Crippen LogP contribution in [-0.4, -0.2) is 79.6 Å². The van der Waals surface area contributed by atoms with Crippen molar-refractivity contribution in [3.05, 3.63) is 30.3 Å². The predicted molar refractivity (Wildman–Crippen MR) is 116 cm³/mol. The number of para-hydroxylation sites is 1. The van der Waals surface area contributed by atoms with Crippen molar-refractivity contribution < 1.29 is 9.53 Å². The first-order valence-corrected chi connectivity index (χ1v) is 10.9. The number of aliphatic imine (C=N–C) groups is 1. The van der Waals surface area contributed by atoms with Crippen LogP contribution in [0.1, 0.15) is 33.1 Å². The molecule has 7 heteroatoms. The quantitative estimate of drug-likeness (QED) is 0.487. The van der Waals surface area contributed by atoms with Crippen molar-refractivity contribution in [2.45, 2.75) is 45.3 Å². The standard InChI is InChI=1S/C22H35N5O2/c1-3-19(29-20-8-6-5-7-9-20)16-24-22(23-4-2)27-14-12-26(13-15-27)17-21(28)25-18-10-11-18/h5-9,18-19H,3-4,10-17H2,1-2H3,(H,23,24)(H,25,28). The summed E-state index contributed by atoms with van der Waals surface area (Å²) in [7, 11) is 0. The summed E-state index contributed by atoms with van der Waals surface area (Å²) in [6.07, 6.45) is 3.23. The van der Waals surface area contributed by atoms with E-state index in [1.807, 2.05) is 30.3 Å². The van der Waals surface area contributed by atoms with Crippen LogP contribution in [0.4, 0.5) is 0 Å². The lowest BCUT2D eigenvalue weighted by molar-refractivity contribution is -0.122. The molecule has 1 aromatic rings. The van der Waals surface area contributed by atoms with Gasteiger partial charge in [-0.1, -0.05) is 25.1 Å². The Kier molecular flexibility index (Phi) is 8.16. The highest BCUT2D eigenvalue weighted by Crippen LogP contribution is 2.18. The van der Waals surface area contributed by atoms with Crippen LogP contribution in [0.5, 0.6) is 5.75 Å². The Morgan fingerprint density at radius 1 is 1.17 bits per heavy atom. The van der Waals surface area contributed by atoms with E-state index in [0.29, 0.717) is 19.1 Å². The molecule has 160 valence electrons. The van der Waals surface area contributed by atoms with Crippen LogP contribution in [-0.2, 0) is 4.79 Å². The topological polar surface area (TPSA) is 69.2 Å². The molecule has 29 heavy (non-hydrogen) atoms. The Bertz CT molecular complexity index is 654. The van der Waals surface area contributed by atoms with Crippen molar-refractivity contribution in [1.29, 1.82) is 0 Å². The monoisotopic (exact) mass is 401 g/mol. The molecule has 2 aliphatic rings. The van der Waals surface area contributed by atoms with E-state index in [2.05, 4.69) is 34.3 Å². The number of amides is 1. The third-order valence-corrected chi connectivity index (χ3v) is 5.26. The molecule has 1 unspecified atom stereocenters. The fourth-order valence-electron chi connectivity index (χ4n) is 3.38. The summed E-state index contributed by atoms with van der Waals surface area (Å²) >= 11 is 0. The molecule has 1 heterocycles. The molecule has 1 atom stereocenters. The van der Waals surface area contributed by atoms with Gasteiger partial charge < -0.3 is 20.3 Å². The van der Waals surface area contributed by atoms with E-state index in [1.165, 1.54) is 0 Å². The predicted octanol–water partition coefficient (Wildman–Crippen LogP) is 1.71. The van der Waals surface area contributed by atoms with Gasteiger partial charge in [0, 0.05) is 38.8 Å². The van der Waals surface area contributed by atoms with Gasteiger partial charge in [0.15, 0.2) is 5.96 Å². The SMILES string of the molecule is CCNC(=NCC(CC)Oc1ccccc1)N1CCN(CC(=O)NC2CC2)CC1. The second-order valence-corrected chi connectivity index (χ2v) is 7.76. The van der Waals surface area contributed by atoms with Crippen molar-refractivity contribution in [2.24, 2.45) is 4.99 Å². The summed E-state index contributed by atoms with van der Waals surface area (Å²) in [6.45, 7) is 9.67. The minimum absolute atomic E-state index is 0.0541. The van der Waals surface area contributed by atoms with Crippen LogP contribution in [0.3, 0.4) is 0 Å². The van der Waals surface area contributed by atoms with E-state index in [-0.39, 0.29) is 12.0 Å². The molecule has 0 radical (unpaired) electrons. The summed E-state index contributed by atoms with van der Waals surface area (Å²) in [4.78, 5) is 21.4. The van der Waals surface area contributed by atoms with Crippen molar-refractivity contribution in [2.75, 3.05) is 45.8 Å². The lowest BCUT2D eigenvalue weighted by Crippen LogP contribution is -2.54. The Hall–Kier alpha value is -2.28. The van der Waals surface area contributed by atoms with Gasteiger partial charge in [0.1, 0.15) is 11.9 Å². The van der Waals surface area contributed by atoms with E-state index >= 15 is 0 Å². The number of benzene rings is 1. The molecule has 0 bridgehead atoms. The van der Waals surface area contributed by atoms with Crippen LogP contribution >= 0.6 is 0 Å². The molecule has 0 aromatic heterocycles. The Morgan fingerprint density at radius 2 is 1.90 bits per heavy atom. The number of carbonyl (C=O) groups is 1. The van der Waals surface area contributed by atoms with E-state index in [0.717, 1.165) is 63.7 Å². The fourth-order valence-corrected chi connectivity index (χ4v) is 3.38. The van der Waals surface area contributed by atoms with E-state index in [9.17, 15) is 4.79 Å². The van der Waals surface area contributed by atoms with Crippen LogP contribution in [0, 0.1) is 0 Å². The number of carbonyl (C=O) groups excluding carboxylic acids is 1. The van der Waals surface area contributed by atoms with Crippen molar-refractivity contribution in [3.8, 4) is 5.75 Å². The first-order valence-electron chi connectivity index (χ1n) is 10.9. The molecular formula is C22H35N5O2. The Balaban J connectivity index is 1.48. The second kappa shape index (κ2) is 11.0. The third kappa shape index (κ3) is 7.24. The third-order valence-electron chi connectivity index (χ3n) is 5.26. The van der Waals surface area contributed by atoms with Gasteiger partial charge in [-0.15, -0.1) is 0 Å². The van der Waals surface area contributed by atoms with Crippen molar-refractivity contribution in [1.82, 2.24) is 20.4 Å². The molecule has 1 saturated heterocycles. The summed E-state index contributed by atoms with van der Waals surface area (Å²) < 4.78 is 6.07. The lowest BCUT2D eigenvalue weighted by atomic mass is 10.2. The molecule has 0 spiro atoms. The Labute approximate surface area is 174 Å². The average Bonchev–Trinajstić information content (AvgIpc) is 3.55. The number of rotatable bonds is 9. The average molecular weight is 402 g/mol. The zero-order chi connectivity index (χ0) is 20.5. The minimum atomic E-state index is 0.0541. The van der Waals surface area contributed by atoms with Gasteiger partial charge in [0.25, 0.3) is 0 Å². The largest absolute Gasteiger partial charge is 0.489 e. The number of piperazine rings is 1. The van der Waals surface area contributed by atoms with Crippen LogP contribution in [0.25, 0.3) is 0 Å². The molecule has 3 rings (SSSR count). The summed E-state index contributed by atoms with van der Waals surface area (Å²) in [5.41, 5.74) is 0. The van der Waals surface area contributed by atoms with Crippen molar-refractivity contribution in [3.63, 3.8) is 0 Å². The maximum Gasteiger partial charge on any atom is 0.234 e. The molecule has 2 fully saturated rings. The zero-order valence-corrected chi connectivity index (χ0v) is 17.8. The lowest BCUT2D eigenvalue weighted by Gasteiger charge is -2.36. The first kappa shape index (κ1) is 21.4.